The largest absolute Gasteiger partial charge is 0.297 e. The quantitative estimate of drug-likeness (QED) is 0.664. The lowest BCUT2D eigenvalue weighted by molar-refractivity contribution is 0.555. The normalized spacial score (nSPS) is 12.7. The van der Waals surface area contributed by atoms with Crippen LogP contribution in [-0.4, -0.2) is 0 Å². The van der Waals surface area contributed by atoms with E-state index >= 15 is 0 Å². The molecule has 0 saturated heterocycles. The summed E-state index contributed by atoms with van der Waals surface area (Å²) in [4.78, 5) is 0. The molecule has 3 aromatic rings. The van der Waals surface area contributed by atoms with Gasteiger partial charge in [-0.05, 0) is 36.2 Å². The molecule has 2 nitrogen and oxygen atoms in total. The highest BCUT2D eigenvalue weighted by Crippen LogP contribution is 2.42. The summed E-state index contributed by atoms with van der Waals surface area (Å²) in [6, 6.07) is 29.7. The first-order valence-electron chi connectivity index (χ1n) is 8.28. The molecule has 1 unspecified atom stereocenters. The zero-order valence-electron chi connectivity index (χ0n) is 13.8. The third-order valence-electron chi connectivity index (χ3n) is 4.19. The number of hydrogen-bond acceptors (Lipinski definition) is 1. The van der Waals surface area contributed by atoms with Crippen LogP contribution in [-0.2, 0) is 4.57 Å². The standard InChI is InChI=1S/C21H22NOP/c1-2-21(18-12-6-3-7-13-18)22-24(23,19-14-8-4-9-15-19)20-16-10-5-11-17-20/h3-17,21H,2H2,1H3,(H,22,23). The lowest BCUT2D eigenvalue weighted by Crippen LogP contribution is -2.30. The van der Waals surface area contributed by atoms with Gasteiger partial charge in [-0.15, -0.1) is 0 Å². The van der Waals surface area contributed by atoms with Crippen LogP contribution in [0.1, 0.15) is 24.9 Å². The van der Waals surface area contributed by atoms with Crippen LogP contribution in [0.3, 0.4) is 0 Å². The van der Waals surface area contributed by atoms with Crippen LogP contribution in [0.5, 0.6) is 0 Å². The summed E-state index contributed by atoms with van der Waals surface area (Å²) in [6.45, 7) is 2.12. The second-order valence-corrected chi connectivity index (χ2v) is 8.29. The van der Waals surface area contributed by atoms with Gasteiger partial charge in [-0.25, -0.2) is 0 Å². The van der Waals surface area contributed by atoms with E-state index in [-0.39, 0.29) is 6.04 Å². The van der Waals surface area contributed by atoms with Gasteiger partial charge in [0.2, 0.25) is 7.29 Å². The molecule has 1 N–H and O–H groups in total. The summed E-state index contributed by atoms with van der Waals surface area (Å²) >= 11 is 0. The Kier molecular flexibility index (Phi) is 5.30. The molecule has 3 rings (SSSR count). The predicted octanol–water partition coefficient (Wildman–Crippen LogP) is 4.66. The van der Waals surface area contributed by atoms with Gasteiger partial charge in [-0.2, -0.15) is 0 Å². The molecule has 0 saturated carbocycles. The Hall–Kier alpha value is -2.15. The van der Waals surface area contributed by atoms with E-state index in [0.717, 1.165) is 22.6 Å². The van der Waals surface area contributed by atoms with E-state index in [1.54, 1.807) is 0 Å². The molecule has 24 heavy (non-hydrogen) atoms. The van der Waals surface area contributed by atoms with Gasteiger partial charge in [0.15, 0.2) is 0 Å². The molecule has 0 aromatic heterocycles. The van der Waals surface area contributed by atoms with Crippen molar-refractivity contribution in [2.75, 3.05) is 0 Å². The zero-order valence-corrected chi connectivity index (χ0v) is 14.7. The van der Waals surface area contributed by atoms with E-state index in [2.05, 4.69) is 24.1 Å². The van der Waals surface area contributed by atoms with Crippen LogP contribution < -0.4 is 15.7 Å². The van der Waals surface area contributed by atoms with Crippen molar-refractivity contribution in [1.82, 2.24) is 5.09 Å². The summed E-state index contributed by atoms with van der Waals surface area (Å²) in [6.07, 6.45) is 0.869. The van der Waals surface area contributed by atoms with Crippen molar-refractivity contribution < 1.29 is 4.57 Å². The molecular weight excluding hydrogens is 313 g/mol. The molecular formula is C21H22NOP. The van der Waals surface area contributed by atoms with Gasteiger partial charge >= 0.3 is 0 Å². The first-order valence-corrected chi connectivity index (χ1v) is 9.98. The van der Waals surface area contributed by atoms with Crippen LogP contribution in [0.4, 0.5) is 0 Å². The van der Waals surface area contributed by atoms with Crippen LogP contribution in [0, 0.1) is 0 Å². The summed E-state index contributed by atoms with van der Waals surface area (Å²) in [5, 5.41) is 5.16. The highest BCUT2D eigenvalue weighted by Gasteiger charge is 2.29. The van der Waals surface area contributed by atoms with Crippen LogP contribution in [0.25, 0.3) is 0 Å². The van der Waals surface area contributed by atoms with Crippen molar-refractivity contribution in [3.8, 4) is 0 Å². The molecule has 3 heteroatoms. The van der Waals surface area contributed by atoms with Crippen molar-refractivity contribution >= 4 is 17.9 Å². The lowest BCUT2D eigenvalue weighted by atomic mass is 10.1. The molecule has 3 aromatic carbocycles. The molecule has 0 spiro atoms. The van der Waals surface area contributed by atoms with E-state index in [1.807, 2.05) is 78.9 Å². The predicted molar refractivity (Wildman–Crippen MR) is 102 cm³/mol. The lowest BCUT2D eigenvalue weighted by Gasteiger charge is -2.26. The average molecular weight is 335 g/mol. The summed E-state index contributed by atoms with van der Waals surface area (Å²) in [5.74, 6) is 0. The number of benzene rings is 3. The minimum absolute atomic E-state index is 0.0393. The van der Waals surface area contributed by atoms with Crippen molar-refractivity contribution in [2.24, 2.45) is 0 Å². The van der Waals surface area contributed by atoms with E-state index in [4.69, 9.17) is 0 Å². The second kappa shape index (κ2) is 7.61. The maximum atomic E-state index is 14.0. The van der Waals surface area contributed by atoms with Gasteiger partial charge in [-0.3, -0.25) is 9.65 Å². The molecule has 0 aliphatic carbocycles. The topological polar surface area (TPSA) is 29.1 Å². The fourth-order valence-corrected chi connectivity index (χ4v) is 5.43. The van der Waals surface area contributed by atoms with E-state index in [9.17, 15) is 4.57 Å². The number of rotatable bonds is 6. The Bertz CT molecular complexity index is 760. The van der Waals surface area contributed by atoms with Crippen LogP contribution in [0.15, 0.2) is 91.0 Å². The Morgan fingerprint density at radius 3 is 1.58 bits per heavy atom. The van der Waals surface area contributed by atoms with Crippen molar-refractivity contribution in [3.63, 3.8) is 0 Å². The van der Waals surface area contributed by atoms with E-state index < -0.39 is 7.29 Å². The van der Waals surface area contributed by atoms with Crippen LogP contribution in [0.2, 0.25) is 0 Å². The molecule has 0 bridgehead atoms. The summed E-state index contributed by atoms with van der Waals surface area (Å²) in [7, 11) is -2.91. The highest BCUT2D eigenvalue weighted by molar-refractivity contribution is 7.76. The van der Waals surface area contributed by atoms with E-state index in [0.29, 0.717) is 0 Å². The van der Waals surface area contributed by atoms with Gasteiger partial charge < -0.3 is 0 Å². The summed E-state index contributed by atoms with van der Waals surface area (Å²) < 4.78 is 14.0. The van der Waals surface area contributed by atoms with E-state index in [1.165, 1.54) is 0 Å². The first-order chi connectivity index (χ1) is 11.7. The Labute approximate surface area is 144 Å². The smallest absolute Gasteiger partial charge is 0.205 e. The second-order valence-electron chi connectivity index (χ2n) is 5.78. The minimum Gasteiger partial charge on any atom is -0.297 e. The molecule has 0 aliphatic heterocycles. The molecule has 122 valence electrons. The highest BCUT2D eigenvalue weighted by atomic mass is 31.2. The van der Waals surface area contributed by atoms with Crippen LogP contribution >= 0.6 is 7.29 Å². The monoisotopic (exact) mass is 335 g/mol. The first kappa shape index (κ1) is 16.7. The molecule has 0 fully saturated rings. The van der Waals surface area contributed by atoms with Gasteiger partial charge in [0.1, 0.15) is 0 Å². The van der Waals surface area contributed by atoms with Gasteiger partial charge in [0.25, 0.3) is 0 Å². The Balaban J connectivity index is 2.04. The molecule has 0 radical (unpaired) electrons. The molecule has 1 atom stereocenters. The average Bonchev–Trinajstić information content (AvgIpc) is 2.68. The maximum absolute atomic E-state index is 14.0. The third-order valence-corrected chi connectivity index (χ3v) is 6.91. The maximum Gasteiger partial charge on any atom is 0.205 e. The fraction of sp³-hybridized carbons (Fsp3) is 0.143. The third kappa shape index (κ3) is 3.51. The molecule has 0 heterocycles. The SMILES string of the molecule is CCC(NP(=O)(c1ccccc1)c1ccccc1)c1ccccc1. The Morgan fingerprint density at radius 1 is 0.750 bits per heavy atom. The Morgan fingerprint density at radius 2 is 1.17 bits per heavy atom. The minimum atomic E-state index is -2.91. The van der Waals surface area contributed by atoms with Gasteiger partial charge in [-0.1, -0.05) is 73.7 Å². The summed E-state index contributed by atoms with van der Waals surface area (Å²) in [5.41, 5.74) is 1.16. The molecule has 0 aliphatic rings. The van der Waals surface area contributed by atoms with Gasteiger partial charge in [0.05, 0.1) is 0 Å². The zero-order chi connectivity index (χ0) is 16.8. The number of nitrogens with one attached hydrogen (secondary N) is 1. The van der Waals surface area contributed by atoms with Crippen molar-refractivity contribution in [2.45, 2.75) is 19.4 Å². The molecule has 0 amide bonds. The fourth-order valence-electron chi connectivity index (χ4n) is 2.88. The van der Waals surface area contributed by atoms with Crippen molar-refractivity contribution in [3.05, 3.63) is 96.6 Å². The van der Waals surface area contributed by atoms with Crippen molar-refractivity contribution in [1.29, 1.82) is 0 Å². The van der Waals surface area contributed by atoms with Gasteiger partial charge in [0, 0.05) is 16.7 Å². The number of hydrogen-bond donors (Lipinski definition) is 1.